The van der Waals surface area contributed by atoms with Gasteiger partial charge < -0.3 is 19.6 Å². The van der Waals surface area contributed by atoms with Crippen molar-refractivity contribution in [2.45, 2.75) is 44.0 Å². The van der Waals surface area contributed by atoms with Crippen molar-refractivity contribution in [3.05, 3.63) is 18.5 Å². The lowest BCUT2D eigenvalue weighted by Crippen LogP contribution is -2.61. The van der Waals surface area contributed by atoms with Crippen molar-refractivity contribution in [1.29, 1.82) is 0 Å². The van der Waals surface area contributed by atoms with Crippen LogP contribution < -0.4 is 4.90 Å². The first kappa shape index (κ1) is 21.3. The molecule has 1 N–H and O–H groups in total. The predicted molar refractivity (Wildman–Crippen MR) is 95.1 cm³/mol. The summed E-state index contributed by atoms with van der Waals surface area (Å²) in [5.74, 6) is -1.26. The lowest BCUT2D eigenvalue weighted by atomic mass is 9.85. The van der Waals surface area contributed by atoms with E-state index >= 15 is 0 Å². The van der Waals surface area contributed by atoms with E-state index in [0.29, 0.717) is 12.3 Å². The Morgan fingerprint density at radius 3 is 2.48 bits per heavy atom. The third kappa shape index (κ3) is 5.14. The summed E-state index contributed by atoms with van der Waals surface area (Å²) in [7, 11) is 0. The number of alkyl halides is 3. The van der Waals surface area contributed by atoms with Gasteiger partial charge in [-0.05, 0) is 25.3 Å². The smallest absolute Gasteiger partial charge is 0.475 e. The number of anilines is 1. The van der Waals surface area contributed by atoms with E-state index in [1.54, 1.807) is 12.4 Å². The number of amides is 1. The summed E-state index contributed by atoms with van der Waals surface area (Å²) in [6.07, 6.45) is 2.56. The van der Waals surface area contributed by atoms with Crippen molar-refractivity contribution in [3.8, 4) is 0 Å². The molecule has 1 aromatic heterocycles. The minimum Gasteiger partial charge on any atom is -0.475 e. The van der Waals surface area contributed by atoms with Gasteiger partial charge in [-0.1, -0.05) is 0 Å². The Morgan fingerprint density at radius 2 is 1.90 bits per heavy atom. The second-order valence-corrected chi connectivity index (χ2v) is 7.25. The summed E-state index contributed by atoms with van der Waals surface area (Å²) in [5.41, 5.74) is 0. The fourth-order valence-electron chi connectivity index (χ4n) is 4.09. The number of hydrogen-bond donors (Lipinski definition) is 1. The van der Waals surface area contributed by atoms with Crippen molar-refractivity contribution in [1.82, 2.24) is 14.9 Å². The van der Waals surface area contributed by atoms with Crippen molar-refractivity contribution in [3.63, 3.8) is 0 Å². The number of halogens is 3. The van der Waals surface area contributed by atoms with Crippen molar-refractivity contribution >= 4 is 17.8 Å². The monoisotopic (exact) mass is 416 g/mol. The van der Waals surface area contributed by atoms with E-state index in [4.69, 9.17) is 14.6 Å². The van der Waals surface area contributed by atoms with Crippen LogP contribution in [-0.2, 0) is 14.3 Å². The van der Waals surface area contributed by atoms with Crippen LogP contribution in [0.1, 0.15) is 25.7 Å². The zero-order valence-electron chi connectivity index (χ0n) is 15.7. The van der Waals surface area contributed by atoms with Crippen molar-refractivity contribution in [2.75, 3.05) is 31.1 Å². The first-order valence-corrected chi connectivity index (χ1v) is 9.50. The van der Waals surface area contributed by atoms with Gasteiger partial charge in [-0.3, -0.25) is 4.79 Å². The lowest BCUT2D eigenvalue weighted by molar-refractivity contribution is -0.192. The van der Waals surface area contributed by atoms with Crippen LogP contribution in [0.5, 0.6) is 0 Å². The van der Waals surface area contributed by atoms with Crippen LogP contribution in [0.15, 0.2) is 18.5 Å². The summed E-state index contributed by atoms with van der Waals surface area (Å²) in [4.78, 5) is 34.2. The number of aromatic nitrogens is 2. The SMILES string of the molecule is O=C(O)C(F)(F)F.O=C1CCCN1[C@@H]1CN(c2ncccn2)C[C@@H]2CCCO[C@@H]21. The van der Waals surface area contributed by atoms with Gasteiger partial charge in [0.2, 0.25) is 11.9 Å². The molecule has 29 heavy (non-hydrogen) atoms. The minimum absolute atomic E-state index is 0.137. The molecule has 3 aliphatic heterocycles. The fraction of sp³-hybridized carbons (Fsp3) is 0.667. The molecule has 0 aliphatic carbocycles. The van der Waals surface area contributed by atoms with E-state index in [1.165, 1.54) is 0 Å². The molecule has 3 atom stereocenters. The van der Waals surface area contributed by atoms with Crippen molar-refractivity contribution in [2.24, 2.45) is 5.92 Å². The normalized spacial score (nSPS) is 27.1. The van der Waals surface area contributed by atoms with Crippen LogP contribution in [0.2, 0.25) is 0 Å². The molecule has 0 saturated carbocycles. The Bertz CT molecular complexity index is 719. The van der Waals surface area contributed by atoms with Gasteiger partial charge in [0.1, 0.15) is 0 Å². The number of ether oxygens (including phenoxy) is 1. The molecule has 3 aliphatic rings. The number of carboxylic acids is 1. The van der Waals surface area contributed by atoms with E-state index in [9.17, 15) is 18.0 Å². The van der Waals surface area contributed by atoms with Crippen LogP contribution in [0.25, 0.3) is 0 Å². The van der Waals surface area contributed by atoms with E-state index in [2.05, 4.69) is 14.9 Å². The number of likely N-dealkylation sites (tertiary alicyclic amines) is 1. The zero-order valence-corrected chi connectivity index (χ0v) is 15.7. The highest BCUT2D eigenvalue weighted by Gasteiger charge is 2.44. The topological polar surface area (TPSA) is 95.9 Å². The van der Waals surface area contributed by atoms with E-state index in [1.807, 2.05) is 11.0 Å². The third-order valence-electron chi connectivity index (χ3n) is 5.32. The second kappa shape index (κ2) is 8.93. The Kier molecular flexibility index (Phi) is 6.56. The Morgan fingerprint density at radius 1 is 1.21 bits per heavy atom. The zero-order chi connectivity index (χ0) is 21.0. The molecule has 8 nitrogen and oxygen atoms in total. The highest BCUT2D eigenvalue weighted by atomic mass is 19.4. The first-order chi connectivity index (χ1) is 13.8. The first-order valence-electron chi connectivity index (χ1n) is 9.50. The van der Waals surface area contributed by atoms with E-state index in [-0.39, 0.29) is 18.1 Å². The third-order valence-corrected chi connectivity index (χ3v) is 5.32. The van der Waals surface area contributed by atoms with Gasteiger partial charge in [0.05, 0.1) is 12.1 Å². The highest BCUT2D eigenvalue weighted by Crippen LogP contribution is 2.33. The molecule has 3 fully saturated rings. The molecule has 0 aromatic carbocycles. The lowest BCUT2D eigenvalue weighted by Gasteiger charge is -2.48. The highest BCUT2D eigenvalue weighted by molar-refractivity contribution is 5.78. The molecule has 0 radical (unpaired) electrons. The van der Waals surface area contributed by atoms with Crippen LogP contribution in [0.3, 0.4) is 0 Å². The molecule has 160 valence electrons. The summed E-state index contributed by atoms with van der Waals surface area (Å²) in [6.45, 7) is 3.38. The van der Waals surface area contributed by atoms with Gasteiger partial charge in [-0.25, -0.2) is 14.8 Å². The quantitative estimate of drug-likeness (QED) is 0.784. The van der Waals surface area contributed by atoms with Gasteiger partial charge in [0.25, 0.3) is 0 Å². The molecule has 1 aromatic rings. The van der Waals surface area contributed by atoms with E-state index in [0.717, 1.165) is 51.5 Å². The van der Waals surface area contributed by atoms with Crippen LogP contribution in [0, 0.1) is 5.92 Å². The standard InChI is InChI=1S/C16H22N4O2.C2HF3O2/c21-14-5-1-8-20(14)13-11-19(16-17-6-3-7-18-16)10-12-4-2-9-22-15(12)13;3-2(4,5)1(6)7/h3,6-7,12-13,15H,1-2,4-5,8-11H2;(H,6,7)/t12-,13+,15-;/m0./s1. The van der Waals surface area contributed by atoms with Gasteiger partial charge in [0, 0.05) is 51.0 Å². The molecule has 1 amide bonds. The number of hydrogen-bond acceptors (Lipinski definition) is 6. The largest absolute Gasteiger partial charge is 0.490 e. The molecule has 4 heterocycles. The summed E-state index contributed by atoms with van der Waals surface area (Å²) < 4.78 is 37.8. The Labute approximate surface area is 165 Å². The predicted octanol–water partition coefficient (Wildman–Crippen LogP) is 1.72. The Hall–Kier alpha value is -2.43. The maximum absolute atomic E-state index is 12.2. The number of piperidine rings is 1. The van der Waals surface area contributed by atoms with Gasteiger partial charge in [-0.15, -0.1) is 0 Å². The number of carboxylic acid groups (broad SMARTS) is 1. The second-order valence-electron chi connectivity index (χ2n) is 7.25. The van der Waals surface area contributed by atoms with Gasteiger partial charge >= 0.3 is 12.1 Å². The van der Waals surface area contributed by atoms with Crippen molar-refractivity contribution < 1.29 is 32.6 Å². The average molecular weight is 416 g/mol. The average Bonchev–Trinajstić information content (AvgIpc) is 3.13. The fourth-order valence-corrected chi connectivity index (χ4v) is 4.09. The van der Waals surface area contributed by atoms with Gasteiger partial charge in [0.15, 0.2) is 0 Å². The van der Waals surface area contributed by atoms with Crippen LogP contribution in [0.4, 0.5) is 19.1 Å². The van der Waals surface area contributed by atoms with Gasteiger partial charge in [-0.2, -0.15) is 13.2 Å². The number of rotatable bonds is 2. The molecule has 0 bridgehead atoms. The van der Waals surface area contributed by atoms with E-state index < -0.39 is 12.1 Å². The van der Waals surface area contributed by atoms with Crippen LogP contribution in [-0.4, -0.2) is 76.4 Å². The minimum atomic E-state index is -5.08. The number of aliphatic carboxylic acids is 1. The maximum atomic E-state index is 12.2. The molecule has 0 unspecified atom stereocenters. The number of carbonyl (C=O) groups is 2. The summed E-state index contributed by atoms with van der Waals surface area (Å²) in [5, 5.41) is 7.12. The summed E-state index contributed by atoms with van der Waals surface area (Å²) in [6, 6.07) is 1.97. The summed E-state index contributed by atoms with van der Waals surface area (Å²) >= 11 is 0. The number of nitrogens with zero attached hydrogens (tertiary/aromatic N) is 4. The molecular weight excluding hydrogens is 393 g/mol. The molecule has 4 rings (SSSR count). The number of fused-ring (bicyclic) bond motifs is 1. The van der Waals surface area contributed by atoms with Crippen LogP contribution >= 0.6 is 0 Å². The Balaban J connectivity index is 0.000000298. The maximum Gasteiger partial charge on any atom is 0.490 e. The number of carbonyl (C=O) groups excluding carboxylic acids is 1. The molecule has 3 saturated heterocycles. The molecule has 11 heteroatoms. The molecular formula is C18H23F3N4O4. The molecule has 0 spiro atoms.